The molecule has 1 aromatic heterocycles. The Kier molecular flexibility index (Phi) is 8.92. The molecule has 1 aromatic carbocycles. The van der Waals surface area contributed by atoms with Gasteiger partial charge < -0.3 is 14.7 Å². The van der Waals surface area contributed by atoms with Crippen LogP contribution in [0, 0.1) is 23.7 Å². The van der Waals surface area contributed by atoms with Crippen molar-refractivity contribution in [1.82, 2.24) is 25.3 Å². The van der Waals surface area contributed by atoms with Crippen molar-refractivity contribution in [3.8, 4) is 11.4 Å². The van der Waals surface area contributed by atoms with Gasteiger partial charge in [0.15, 0.2) is 0 Å². The largest absolute Gasteiger partial charge is 0.353 e. The molecule has 212 valence electrons. The second-order valence-electron chi connectivity index (χ2n) is 12.4. The predicted molar refractivity (Wildman–Crippen MR) is 151 cm³/mol. The van der Waals surface area contributed by atoms with Crippen molar-refractivity contribution < 1.29 is 14.1 Å². The minimum atomic E-state index is 0.142. The molecule has 0 aliphatic carbocycles. The van der Waals surface area contributed by atoms with E-state index in [9.17, 15) is 9.59 Å². The number of benzene rings is 1. The zero-order chi connectivity index (χ0) is 27.5. The lowest BCUT2D eigenvalue weighted by Crippen LogP contribution is -2.59. The Labute approximate surface area is 236 Å². The van der Waals surface area contributed by atoms with E-state index in [1.165, 1.54) is 0 Å². The fourth-order valence-electron chi connectivity index (χ4n) is 6.80. The molecule has 0 unspecified atom stereocenters. The van der Waals surface area contributed by atoms with Crippen LogP contribution >= 0.6 is 11.6 Å². The van der Waals surface area contributed by atoms with E-state index in [0.29, 0.717) is 59.8 Å². The van der Waals surface area contributed by atoms with Gasteiger partial charge in [0.1, 0.15) is 0 Å². The number of nitrogens with zero attached hydrogens (tertiary/aromatic N) is 4. The number of amides is 2. The summed E-state index contributed by atoms with van der Waals surface area (Å²) in [5.74, 6) is 3.01. The number of likely N-dealkylation sites (tertiary alicyclic amines) is 1. The quantitative estimate of drug-likeness (QED) is 0.559. The molecule has 8 nitrogen and oxygen atoms in total. The van der Waals surface area contributed by atoms with Gasteiger partial charge in [0, 0.05) is 50.1 Å². The van der Waals surface area contributed by atoms with Crippen molar-refractivity contribution in [1.29, 1.82) is 0 Å². The van der Waals surface area contributed by atoms with Crippen LogP contribution in [0.5, 0.6) is 0 Å². The van der Waals surface area contributed by atoms with Gasteiger partial charge in [-0.3, -0.25) is 14.5 Å². The molecule has 5 atom stereocenters. The molecule has 3 saturated heterocycles. The molecule has 4 heterocycles. The lowest BCUT2D eigenvalue weighted by molar-refractivity contribution is -0.142. The summed E-state index contributed by atoms with van der Waals surface area (Å²) in [5.41, 5.74) is 0.765. The summed E-state index contributed by atoms with van der Waals surface area (Å²) in [5, 5.41) is 8.05. The molecule has 5 rings (SSSR count). The highest BCUT2D eigenvalue weighted by Crippen LogP contribution is 2.37. The smallest absolute Gasteiger partial charge is 0.241 e. The van der Waals surface area contributed by atoms with Gasteiger partial charge in [-0.1, -0.05) is 49.7 Å². The first kappa shape index (κ1) is 28.1. The molecule has 3 aliphatic heterocycles. The molecule has 2 aromatic rings. The minimum Gasteiger partial charge on any atom is -0.353 e. The number of halogens is 1. The fourth-order valence-corrected chi connectivity index (χ4v) is 7.02. The first-order valence-electron chi connectivity index (χ1n) is 14.7. The second-order valence-corrected chi connectivity index (χ2v) is 12.8. The van der Waals surface area contributed by atoms with Crippen molar-refractivity contribution in [3.05, 3.63) is 35.2 Å². The summed E-state index contributed by atoms with van der Waals surface area (Å²) in [7, 11) is 0. The third kappa shape index (κ3) is 6.83. The third-order valence-electron chi connectivity index (χ3n) is 8.86. The van der Waals surface area contributed by atoms with E-state index >= 15 is 0 Å². The zero-order valence-electron chi connectivity index (χ0n) is 23.4. The zero-order valence-corrected chi connectivity index (χ0v) is 24.2. The third-order valence-corrected chi connectivity index (χ3v) is 9.18. The van der Waals surface area contributed by atoms with Crippen LogP contribution in [0.2, 0.25) is 5.02 Å². The number of aromatic nitrogens is 2. The molecule has 3 fully saturated rings. The maximum atomic E-state index is 13.6. The molecule has 3 aliphatic rings. The van der Waals surface area contributed by atoms with E-state index in [-0.39, 0.29) is 23.9 Å². The van der Waals surface area contributed by atoms with Crippen molar-refractivity contribution in [2.24, 2.45) is 23.7 Å². The topological polar surface area (TPSA) is 91.6 Å². The highest BCUT2D eigenvalue weighted by atomic mass is 35.5. The van der Waals surface area contributed by atoms with Crippen molar-refractivity contribution in [2.45, 2.75) is 84.3 Å². The van der Waals surface area contributed by atoms with E-state index in [1.807, 2.05) is 24.3 Å². The maximum Gasteiger partial charge on any atom is 0.241 e. The lowest BCUT2D eigenvalue weighted by atomic mass is 9.77. The van der Waals surface area contributed by atoms with Gasteiger partial charge in [-0.25, -0.2) is 0 Å². The molecular weight excluding hydrogens is 514 g/mol. The van der Waals surface area contributed by atoms with Crippen LogP contribution in [0.15, 0.2) is 28.8 Å². The van der Waals surface area contributed by atoms with E-state index in [4.69, 9.17) is 16.1 Å². The number of rotatable bonds is 4. The summed E-state index contributed by atoms with van der Waals surface area (Å²) in [6.45, 7) is 9.67. The van der Waals surface area contributed by atoms with Crippen molar-refractivity contribution >= 4 is 23.4 Å². The lowest BCUT2D eigenvalue weighted by Gasteiger charge is -2.51. The summed E-state index contributed by atoms with van der Waals surface area (Å²) in [6.07, 6.45) is 5.77. The molecule has 0 radical (unpaired) electrons. The summed E-state index contributed by atoms with van der Waals surface area (Å²) < 4.78 is 5.61. The van der Waals surface area contributed by atoms with Gasteiger partial charge in [0.2, 0.25) is 23.5 Å². The normalized spacial score (nSPS) is 29.3. The van der Waals surface area contributed by atoms with Crippen molar-refractivity contribution in [2.75, 3.05) is 19.6 Å². The summed E-state index contributed by atoms with van der Waals surface area (Å²) >= 11 is 6.33. The number of carbonyl (C=O) groups excluding carboxylic acids is 2. The van der Waals surface area contributed by atoms with Gasteiger partial charge in [0.05, 0.1) is 11.6 Å². The van der Waals surface area contributed by atoms with Crippen LogP contribution in [0.4, 0.5) is 0 Å². The predicted octanol–water partition coefficient (Wildman–Crippen LogP) is 5.17. The van der Waals surface area contributed by atoms with Gasteiger partial charge in [-0.15, -0.1) is 0 Å². The average molecular weight is 556 g/mol. The number of nitrogens with one attached hydrogen (secondary N) is 1. The second kappa shape index (κ2) is 12.4. The van der Waals surface area contributed by atoms with Crippen LogP contribution in [-0.2, 0) is 16.1 Å². The first-order chi connectivity index (χ1) is 18.8. The molecule has 0 spiro atoms. The Hall–Kier alpha value is -2.45. The Morgan fingerprint density at radius 2 is 1.95 bits per heavy atom. The fraction of sp³-hybridized carbons (Fsp3) is 0.667. The van der Waals surface area contributed by atoms with Gasteiger partial charge >= 0.3 is 0 Å². The first-order valence-corrected chi connectivity index (χ1v) is 15.0. The van der Waals surface area contributed by atoms with Crippen LogP contribution in [-0.4, -0.2) is 63.5 Å². The molecule has 2 amide bonds. The SMILES string of the molecule is CC(C)[C@@H]1CC[C@@H](C)CC(=O)N2C[C@H]3C[C@H](CN(Cc4nc(-c5ccccc5Cl)no4)C3)[C@@H]2CCCC(=O)N1. The van der Waals surface area contributed by atoms with Gasteiger partial charge in [0.25, 0.3) is 0 Å². The molecule has 1 N–H and O–H groups in total. The number of hydrogen-bond donors (Lipinski definition) is 1. The Morgan fingerprint density at radius 3 is 2.74 bits per heavy atom. The summed E-state index contributed by atoms with van der Waals surface area (Å²) in [6, 6.07) is 7.85. The number of hydrogen-bond acceptors (Lipinski definition) is 6. The number of fused-ring (bicyclic) bond motifs is 4. The maximum absolute atomic E-state index is 13.6. The van der Waals surface area contributed by atoms with Crippen LogP contribution in [0.1, 0.15) is 71.6 Å². The van der Waals surface area contributed by atoms with E-state index in [0.717, 1.165) is 57.3 Å². The van der Waals surface area contributed by atoms with Gasteiger partial charge in [-0.05, 0) is 67.9 Å². The van der Waals surface area contributed by atoms with Crippen LogP contribution in [0.3, 0.4) is 0 Å². The Bertz CT molecular complexity index is 1150. The van der Waals surface area contributed by atoms with E-state index in [1.54, 1.807) is 0 Å². The minimum absolute atomic E-state index is 0.142. The van der Waals surface area contributed by atoms with Crippen molar-refractivity contribution in [3.63, 3.8) is 0 Å². The van der Waals surface area contributed by atoms with E-state index < -0.39 is 0 Å². The molecular formula is C30H42ClN5O3. The highest BCUT2D eigenvalue weighted by molar-refractivity contribution is 6.33. The molecule has 0 saturated carbocycles. The number of carbonyl (C=O) groups is 2. The molecule has 2 bridgehead atoms. The van der Waals surface area contributed by atoms with Crippen LogP contribution < -0.4 is 5.32 Å². The van der Waals surface area contributed by atoms with Gasteiger partial charge in [-0.2, -0.15) is 4.98 Å². The Morgan fingerprint density at radius 1 is 1.13 bits per heavy atom. The van der Waals surface area contributed by atoms with E-state index in [2.05, 4.69) is 46.0 Å². The molecule has 39 heavy (non-hydrogen) atoms. The monoisotopic (exact) mass is 555 g/mol. The number of piperidine rings is 2. The standard InChI is InChI=1S/C30H42ClN5O3/c1-19(2)25-12-11-20(3)13-29(38)36-16-21-14-22(26(36)9-6-10-27(37)32-25)17-35(15-21)18-28-33-30(34-39-28)23-7-4-5-8-24(23)31/h4-5,7-8,19-22,25-26H,6,9-18H2,1-3H3,(H,32,37)/t20-,21+,22-,25+,26+/m1/s1. The molecule has 9 heteroatoms. The summed E-state index contributed by atoms with van der Waals surface area (Å²) in [4.78, 5) is 35.6. The Balaban J connectivity index is 1.27. The highest BCUT2D eigenvalue weighted by Gasteiger charge is 2.43. The van der Waals surface area contributed by atoms with Crippen LogP contribution in [0.25, 0.3) is 11.4 Å². The average Bonchev–Trinajstić information content (AvgIpc) is 3.35.